The second-order valence-electron chi connectivity index (χ2n) is 6.77. The third-order valence-corrected chi connectivity index (χ3v) is 5.17. The van der Waals surface area contributed by atoms with Crippen molar-refractivity contribution in [2.24, 2.45) is 10.7 Å². The molecule has 0 radical (unpaired) electrons. The van der Waals surface area contributed by atoms with Crippen LogP contribution in [0.2, 0.25) is 0 Å². The molecule has 27 heavy (non-hydrogen) atoms. The van der Waals surface area contributed by atoms with Crippen molar-refractivity contribution in [3.63, 3.8) is 0 Å². The van der Waals surface area contributed by atoms with Gasteiger partial charge in [-0.3, -0.25) is 0 Å². The lowest BCUT2D eigenvalue weighted by Crippen LogP contribution is -2.31. The van der Waals surface area contributed by atoms with Crippen LogP contribution < -0.4 is 10.5 Å². The van der Waals surface area contributed by atoms with Crippen LogP contribution in [-0.4, -0.2) is 30.9 Å². The summed E-state index contributed by atoms with van der Waals surface area (Å²) in [4.78, 5) is 4.50. The van der Waals surface area contributed by atoms with E-state index >= 15 is 4.39 Å². The van der Waals surface area contributed by atoms with E-state index in [0.29, 0.717) is 36.5 Å². The van der Waals surface area contributed by atoms with Crippen LogP contribution in [0.25, 0.3) is 5.57 Å². The lowest BCUT2D eigenvalue weighted by atomic mass is 9.80. The molecule has 0 bridgehead atoms. The molecule has 3 aliphatic rings. The van der Waals surface area contributed by atoms with Crippen molar-refractivity contribution >= 4 is 11.6 Å². The van der Waals surface area contributed by atoms with E-state index in [2.05, 4.69) is 4.99 Å². The van der Waals surface area contributed by atoms with Crippen LogP contribution in [0.3, 0.4) is 0 Å². The molecule has 1 atom stereocenters. The Hall–Kier alpha value is -3.06. The summed E-state index contributed by atoms with van der Waals surface area (Å²) in [5.41, 5.74) is 7.64. The molecule has 6 nitrogen and oxygen atoms in total. The fourth-order valence-electron chi connectivity index (χ4n) is 3.87. The molecule has 3 aliphatic heterocycles. The lowest BCUT2D eigenvalue weighted by Gasteiger charge is -2.34. The monoisotopic (exact) mass is 368 g/mol. The number of halogens is 1. The van der Waals surface area contributed by atoms with Crippen LogP contribution >= 0.6 is 0 Å². The molecule has 3 N–H and O–H groups in total. The van der Waals surface area contributed by atoms with Crippen LogP contribution in [0.1, 0.15) is 23.1 Å². The highest BCUT2D eigenvalue weighted by molar-refractivity contribution is 5.78. The first-order chi connectivity index (χ1) is 13.1. The topological polar surface area (TPSA) is 86.3 Å². The van der Waals surface area contributed by atoms with E-state index < -0.39 is 11.4 Å². The van der Waals surface area contributed by atoms with Gasteiger partial charge >= 0.3 is 0 Å². The number of amidine groups is 1. The second-order valence-corrected chi connectivity index (χ2v) is 6.77. The molecule has 0 saturated carbocycles. The minimum absolute atomic E-state index is 0.0215. The summed E-state index contributed by atoms with van der Waals surface area (Å²) in [7, 11) is 0. The summed E-state index contributed by atoms with van der Waals surface area (Å²) < 4.78 is 31.7. The number of phenolic OH excluding ortho intramolecular Hbond substituents is 1. The number of rotatable bonds is 1. The zero-order valence-electron chi connectivity index (χ0n) is 14.4. The standard InChI is InChI=1S/C20H17FN2O4/c21-16-8-12(11-3-5-25-6-4-11)7-15-18(16)27-17-2-1-13(24)9-14(17)20(15)10-26-19(22)23-20/h1-3,7-9,24H,4-6,10H2,(H2,22,23). The molecule has 0 amide bonds. The van der Waals surface area contributed by atoms with Crippen LogP contribution in [0.15, 0.2) is 41.4 Å². The van der Waals surface area contributed by atoms with Crippen molar-refractivity contribution < 1.29 is 23.7 Å². The van der Waals surface area contributed by atoms with E-state index in [1.807, 2.05) is 12.1 Å². The molecular formula is C20H17FN2O4. The summed E-state index contributed by atoms with van der Waals surface area (Å²) in [5.74, 6) is 0.101. The number of aromatic hydroxyl groups is 1. The molecule has 7 heteroatoms. The molecule has 2 aromatic rings. The van der Waals surface area contributed by atoms with E-state index in [-0.39, 0.29) is 24.1 Å². The van der Waals surface area contributed by atoms with Gasteiger partial charge in [-0.15, -0.1) is 0 Å². The van der Waals surface area contributed by atoms with Gasteiger partial charge in [0.2, 0.25) is 0 Å². The average Bonchev–Trinajstić information content (AvgIpc) is 3.06. The van der Waals surface area contributed by atoms with Crippen molar-refractivity contribution in [1.82, 2.24) is 0 Å². The van der Waals surface area contributed by atoms with Crippen molar-refractivity contribution in [1.29, 1.82) is 0 Å². The highest BCUT2D eigenvalue weighted by Gasteiger charge is 2.48. The number of phenols is 1. The summed E-state index contributed by atoms with van der Waals surface area (Å²) >= 11 is 0. The molecule has 0 saturated heterocycles. The molecule has 3 heterocycles. The minimum atomic E-state index is -1.06. The molecule has 0 aromatic heterocycles. The maximum atomic E-state index is 15.0. The van der Waals surface area contributed by atoms with Crippen molar-refractivity contribution in [3.8, 4) is 17.2 Å². The van der Waals surface area contributed by atoms with Crippen LogP contribution in [-0.2, 0) is 15.0 Å². The second kappa shape index (κ2) is 5.72. The number of hydrogen-bond acceptors (Lipinski definition) is 6. The molecule has 0 fully saturated rings. The third kappa shape index (κ3) is 2.39. The van der Waals surface area contributed by atoms with Gasteiger partial charge in [-0.1, -0.05) is 6.08 Å². The number of fused-ring (bicyclic) bond motifs is 4. The first-order valence-electron chi connectivity index (χ1n) is 8.67. The zero-order valence-corrected chi connectivity index (χ0v) is 14.4. The molecule has 2 aromatic carbocycles. The Kier molecular flexibility index (Phi) is 3.42. The summed E-state index contributed by atoms with van der Waals surface area (Å²) in [5, 5.41) is 9.99. The number of aliphatic imine (C=N–C) groups is 1. The Bertz CT molecular complexity index is 1020. The van der Waals surface area contributed by atoms with Crippen molar-refractivity contribution in [3.05, 3.63) is 58.9 Å². The number of nitrogens with zero attached hydrogens (tertiary/aromatic N) is 1. The number of benzene rings is 2. The van der Waals surface area contributed by atoms with Gasteiger partial charge in [0.05, 0.1) is 13.2 Å². The Labute approximate surface area is 154 Å². The predicted molar refractivity (Wildman–Crippen MR) is 96.3 cm³/mol. The molecule has 138 valence electrons. The molecule has 5 rings (SSSR count). The Morgan fingerprint density at radius 2 is 2.07 bits per heavy atom. The van der Waals surface area contributed by atoms with E-state index in [9.17, 15) is 5.11 Å². The predicted octanol–water partition coefficient (Wildman–Crippen LogP) is 3.03. The first-order valence-corrected chi connectivity index (χ1v) is 8.67. The Morgan fingerprint density at radius 1 is 1.19 bits per heavy atom. The highest BCUT2D eigenvalue weighted by atomic mass is 19.1. The van der Waals surface area contributed by atoms with Gasteiger partial charge in [0.15, 0.2) is 17.1 Å². The van der Waals surface area contributed by atoms with Gasteiger partial charge in [0.25, 0.3) is 6.02 Å². The van der Waals surface area contributed by atoms with E-state index in [0.717, 1.165) is 11.1 Å². The van der Waals surface area contributed by atoms with Gasteiger partial charge in [-0.2, -0.15) is 0 Å². The summed E-state index contributed by atoms with van der Waals surface area (Å²) in [6, 6.07) is 8.00. The Morgan fingerprint density at radius 3 is 2.81 bits per heavy atom. The Balaban J connectivity index is 1.76. The third-order valence-electron chi connectivity index (χ3n) is 5.17. The maximum Gasteiger partial charge on any atom is 0.283 e. The molecule has 1 unspecified atom stereocenters. The molecule has 1 spiro atoms. The number of ether oxygens (including phenoxy) is 3. The molecule has 0 aliphatic carbocycles. The van der Waals surface area contributed by atoms with E-state index in [4.69, 9.17) is 19.9 Å². The van der Waals surface area contributed by atoms with E-state index in [1.54, 1.807) is 12.1 Å². The quantitative estimate of drug-likeness (QED) is 0.808. The summed E-state index contributed by atoms with van der Waals surface area (Å²) in [6.07, 6.45) is 2.65. The smallest absolute Gasteiger partial charge is 0.283 e. The van der Waals surface area contributed by atoms with Gasteiger partial charge in [0, 0.05) is 11.1 Å². The number of nitrogens with two attached hydrogens (primary N) is 1. The average molecular weight is 368 g/mol. The SMILES string of the molecule is NC1=NC2(CO1)c1cc(O)ccc1Oc1c(F)cc(C3=CCOCC3)cc12. The molecular weight excluding hydrogens is 351 g/mol. The lowest BCUT2D eigenvalue weighted by molar-refractivity contribution is 0.161. The fourth-order valence-corrected chi connectivity index (χ4v) is 3.87. The zero-order chi connectivity index (χ0) is 18.6. The fraction of sp³-hybridized carbons (Fsp3) is 0.250. The van der Waals surface area contributed by atoms with Gasteiger partial charge in [-0.05, 0) is 47.9 Å². The van der Waals surface area contributed by atoms with E-state index in [1.165, 1.54) is 12.1 Å². The maximum absolute atomic E-state index is 15.0. The largest absolute Gasteiger partial charge is 0.508 e. The van der Waals surface area contributed by atoms with Crippen LogP contribution in [0.4, 0.5) is 4.39 Å². The highest BCUT2D eigenvalue weighted by Crippen LogP contribution is 2.53. The normalized spacial score (nSPS) is 23.0. The van der Waals surface area contributed by atoms with Crippen LogP contribution in [0.5, 0.6) is 17.2 Å². The van der Waals surface area contributed by atoms with Gasteiger partial charge in [-0.25, -0.2) is 9.38 Å². The van der Waals surface area contributed by atoms with Crippen LogP contribution in [0, 0.1) is 5.82 Å². The number of hydrogen-bond donors (Lipinski definition) is 2. The van der Waals surface area contributed by atoms with Crippen molar-refractivity contribution in [2.45, 2.75) is 12.0 Å². The minimum Gasteiger partial charge on any atom is -0.508 e. The van der Waals surface area contributed by atoms with Gasteiger partial charge < -0.3 is 25.1 Å². The van der Waals surface area contributed by atoms with Crippen molar-refractivity contribution in [2.75, 3.05) is 19.8 Å². The first kappa shape index (κ1) is 16.1. The van der Waals surface area contributed by atoms with Gasteiger partial charge in [0.1, 0.15) is 18.1 Å². The summed E-state index contributed by atoms with van der Waals surface area (Å²) in [6.45, 7) is 1.20.